The Labute approximate surface area is 189 Å². The minimum absolute atomic E-state index is 0.915. The molecule has 0 atom stereocenters. The highest BCUT2D eigenvalue weighted by Gasteiger charge is 2.18. The average molecular weight is 427 g/mol. The summed E-state index contributed by atoms with van der Waals surface area (Å²) in [7, 11) is 3.92. The first-order valence-electron chi connectivity index (χ1n) is 11.2. The van der Waals surface area contributed by atoms with Crippen LogP contribution in [0.25, 0.3) is 22.0 Å². The molecule has 1 aliphatic rings. The number of hydrogen-bond donors (Lipinski definition) is 2. The molecule has 1 fully saturated rings. The number of hydrogen-bond acceptors (Lipinski definition) is 4. The Balaban J connectivity index is 1.46. The number of benzene rings is 3. The molecule has 1 aromatic heterocycles. The zero-order valence-corrected chi connectivity index (χ0v) is 19.0. The fraction of sp³-hybridized carbons (Fsp3) is 0.259. The fourth-order valence-corrected chi connectivity index (χ4v) is 4.49. The summed E-state index contributed by atoms with van der Waals surface area (Å²) in [4.78, 5) is 8.37. The predicted octanol–water partition coefficient (Wildman–Crippen LogP) is 5.65. The van der Waals surface area contributed by atoms with Gasteiger partial charge in [0.2, 0.25) is 0 Å². The van der Waals surface area contributed by atoms with Crippen LogP contribution in [0.3, 0.4) is 0 Å². The number of rotatable bonds is 5. The molecule has 1 saturated heterocycles. The van der Waals surface area contributed by atoms with E-state index in [1.54, 1.807) is 7.11 Å². The number of piperazine rings is 1. The molecule has 0 radical (unpaired) electrons. The number of nitrogens with one attached hydrogen (secondary N) is 2. The molecule has 32 heavy (non-hydrogen) atoms. The van der Waals surface area contributed by atoms with Gasteiger partial charge in [0, 0.05) is 42.8 Å². The molecule has 5 nitrogen and oxygen atoms in total. The molecule has 5 rings (SSSR count). The Hall–Kier alpha value is -3.44. The van der Waals surface area contributed by atoms with Gasteiger partial charge in [0.15, 0.2) is 0 Å². The first-order valence-corrected chi connectivity index (χ1v) is 11.2. The van der Waals surface area contributed by atoms with E-state index in [9.17, 15) is 0 Å². The van der Waals surface area contributed by atoms with E-state index in [1.165, 1.54) is 22.1 Å². The summed E-state index contributed by atoms with van der Waals surface area (Å²) >= 11 is 0. The molecular weight excluding hydrogens is 396 g/mol. The molecule has 1 aliphatic heterocycles. The lowest BCUT2D eigenvalue weighted by Crippen LogP contribution is -2.44. The SMILES string of the molecule is COc1ccc(Nc2cc3cccc(-c4cccc(C)c4)c3[nH]2)cc1N1CCN(C)CC1. The third-order valence-electron chi connectivity index (χ3n) is 6.29. The van der Waals surface area contributed by atoms with Crippen LogP contribution in [-0.2, 0) is 0 Å². The van der Waals surface area contributed by atoms with Gasteiger partial charge in [-0.25, -0.2) is 0 Å². The lowest BCUT2D eigenvalue weighted by molar-refractivity contribution is 0.311. The molecule has 2 N–H and O–H groups in total. The summed E-state index contributed by atoms with van der Waals surface area (Å²) in [5, 5.41) is 4.77. The summed E-state index contributed by atoms with van der Waals surface area (Å²) in [6, 6.07) is 23.6. The molecule has 164 valence electrons. The maximum Gasteiger partial charge on any atom is 0.142 e. The van der Waals surface area contributed by atoms with Crippen LogP contribution in [-0.4, -0.2) is 50.2 Å². The van der Waals surface area contributed by atoms with Crippen LogP contribution in [0.5, 0.6) is 5.75 Å². The maximum atomic E-state index is 5.66. The summed E-state index contributed by atoms with van der Waals surface area (Å²) in [5.74, 6) is 1.90. The molecule has 0 amide bonds. The van der Waals surface area contributed by atoms with Crippen LogP contribution in [0, 0.1) is 6.92 Å². The van der Waals surface area contributed by atoms with E-state index in [4.69, 9.17) is 4.74 Å². The Morgan fingerprint density at radius 3 is 2.50 bits per heavy atom. The van der Waals surface area contributed by atoms with Gasteiger partial charge < -0.3 is 24.8 Å². The normalized spacial score (nSPS) is 14.7. The number of fused-ring (bicyclic) bond motifs is 1. The Morgan fingerprint density at radius 2 is 1.72 bits per heavy atom. The smallest absolute Gasteiger partial charge is 0.142 e. The largest absolute Gasteiger partial charge is 0.495 e. The van der Waals surface area contributed by atoms with E-state index in [0.717, 1.165) is 54.6 Å². The van der Waals surface area contributed by atoms with Crippen molar-refractivity contribution in [3.8, 4) is 16.9 Å². The predicted molar refractivity (Wildman–Crippen MR) is 134 cm³/mol. The highest BCUT2D eigenvalue weighted by Crippen LogP contribution is 2.35. The van der Waals surface area contributed by atoms with E-state index in [-0.39, 0.29) is 0 Å². The Kier molecular flexibility index (Phi) is 5.50. The molecule has 3 aromatic carbocycles. The molecule has 0 unspecified atom stereocenters. The minimum atomic E-state index is 0.915. The second kappa shape index (κ2) is 8.60. The lowest BCUT2D eigenvalue weighted by atomic mass is 10.0. The maximum absolute atomic E-state index is 5.66. The number of ether oxygens (including phenoxy) is 1. The van der Waals surface area contributed by atoms with Crippen molar-refractivity contribution in [3.05, 3.63) is 72.3 Å². The number of likely N-dealkylation sites (N-methyl/N-ethyl adjacent to an activating group) is 1. The van der Waals surface area contributed by atoms with E-state index < -0.39 is 0 Å². The van der Waals surface area contributed by atoms with E-state index in [1.807, 2.05) is 0 Å². The first kappa shape index (κ1) is 20.5. The van der Waals surface area contributed by atoms with Gasteiger partial charge in [-0.15, -0.1) is 0 Å². The highest BCUT2D eigenvalue weighted by atomic mass is 16.5. The topological polar surface area (TPSA) is 43.5 Å². The van der Waals surface area contributed by atoms with Crippen LogP contribution in [0.4, 0.5) is 17.2 Å². The number of anilines is 3. The highest BCUT2D eigenvalue weighted by molar-refractivity contribution is 5.97. The van der Waals surface area contributed by atoms with Gasteiger partial charge >= 0.3 is 0 Å². The number of nitrogens with zero attached hydrogens (tertiary/aromatic N) is 2. The van der Waals surface area contributed by atoms with Crippen LogP contribution in [0.2, 0.25) is 0 Å². The monoisotopic (exact) mass is 426 g/mol. The van der Waals surface area contributed by atoms with Gasteiger partial charge in [0.05, 0.1) is 18.3 Å². The van der Waals surface area contributed by atoms with E-state index >= 15 is 0 Å². The summed E-state index contributed by atoms with van der Waals surface area (Å²) in [5.41, 5.74) is 7.04. The molecule has 0 spiro atoms. The second-order valence-corrected chi connectivity index (χ2v) is 8.62. The van der Waals surface area contributed by atoms with Crippen molar-refractivity contribution >= 4 is 28.1 Å². The number of para-hydroxylation sites is 1. The fourth-order valence-electron chi connectivity index (χ4n) is 4.49. The summed E-state index contributed by atoms with van der Waals surface area (Å²) in [6.07, 6.45) is 0. The lowest BCUT2D eigenvalue weighted by Gasteiger charge is -2.35. The second-order valence-electron chi connectivity index (χ2n) is 8.62. The summed E-state index contributed by atoms with van der Waals surface area (Å²) < 4.78 is 5.66. The van der Waals surface area contributed by atoms with Crippen molar-refractivity contribution in [3.63, 3.8) is 0 Å². The van der Waals surface area contributed by atoms with Gasteiger partial charge in [-0.05, 0) is 43.8 Å². The van der Waals surface area contributed by atoms with Gasteiger partial charge in [-0.2, -0.15) is 0 Å². The van der Waals surface area contributed by atoms with Gasteiger partial charge in [-0.3, -0.25) is 0 Å². The van der Waals surface area contributed by atoms with Crippen LogP contribution in [0.15, 0.2) is 66.7 Å². The van der Waals surface area contributed by atoms with Crippen molar-refractivity contribution in [2.45, 2.75) is 6.92 Å². The molecule has 0 saturated carbocycles. The van der Waals surface area contributed by atoms with Gasteiger partial charge in [0.1, 0.15) is 11.6 Å². The molecule has 0 aliphatic carbocycles. The molecular formula is C27H30N4O. The van der Waals surface area contributed by atoms with Crippen molar-refractivity contribution in [2.75, 3.05) is 50.6 Å². The van der Waals surface area contributed by atoms with Gasteiger partial charge in [0.25, 0.3) is 0 Å². The van der Waals surface area contributed by atoms with Gasteiger partial charge in [-0.1, -0.05) is 48.0 Å². The molecule has 0 bridgehead atoms. The standard InChI is InChI=1S/C27H30N4O/c1-19-6-4-7-20(16-19)23-9-5-8-21-17-26(29-27(21)23)28-22-10-11-25(32-3)24(18-22)31-14-12-30(2)13-15-31/h4-11,16-18,28-29H,12-15H2,1-3H3. The number of aryl methyl sites for hydroxylation is 1. The minimum Gasteiger partial charge on any atom is -0.495 e. The van der Waals surface area contributed by atoms with Crippen LogP contribution in [0.1, 0.15) is 5.56 Å². The number of aromatic nitrogens is 1. The molecule has 4 aromatic rings. The summed E-state index contributed by atoms with van der Waals surface area (Å²) in [6.45, 7) is 6.26. The van der Waals surface area contributed by atoms with Crippen molar-refractivity contribution in [1.82, 2.24) is 9.88 Å². The molecule has 5 heteroatoms. The Bertz CT molecular complexity index is 1240. The van der Waals surface area contributed by atoms with E-state index in [2.05, 4.69) is 101 Å². The quantitative estimate of drug-likeness (QED) is 0.433. The third kappa shape index (κ3) is 4.04. The zero-order chi connectivity index (χ0) is 22.1. The third-order valence-corrected chi connectivity index (χ3v) is 6.29. The number of aromatic amines is 1. The first-order chi connectivity index (χ1) is 15.6. The molecule has 2 heterocycles. The Morgan fingerprint density at radius 1 is 0.906 bits per heavy atom. The van der Waals surface area contributed by atoms with E-state index in [0.29, 0.717) is 0 Å². The van der Waals surface area contributed by atoms with Crippen LogP contribution < -0.4 is 15.0 Å². The van der Waals surface area contributed by atoms with Crippen LogP contribution >= 0.6 is 0 Å². The number of methoxy groups -OCH3 is 1. The average Bonchev–Trinajstić information content (AvgIpc) is 3.22. The van der Waals surface area contributed by atoms with Crippen molar-refractivity contribution in [2.24, 2.45) is 0 Å². The zero-order valence-electron chi connectivity index (χ0n) is 19.0. The van der Waals surface area contributed by atoms with Crippen molar-refractivity contribution < 1.29 is 4.74 Å². The number of H-pyrrole nitrogens is 1. The van der Waals surface area contributed by atoms with Crippen molar-refractivity contribution in [1.29, 1.82) is 0 Å².